The molecule has 142 valence electrons. The van der Waals surface area contributed by atoms with E-state index in [1.807, 2.05) is 59.9 Å². The summed E-state index contributed by atoms with van der Waals surface area (Å²) in [5, 5.41) is 12.4. The number of carbonyl (C=O) groups is 1. The van der Waals surface area contributed by atoms with E-state index in [-0.39, 0.29) is 17.6 Å². The van der Waals surface area contributed by atoms with Crippen molar-refractivity contribution in [3.05, 3.63) is 59.9 Å². The van der Waals surface area contributed by atoms with Gasteiger partial charge in [-0.2, -0.15) is 0 Å². The molecule has 4 rings (SSSR count). The Hall–Kier alpha value is -2.93. The molecule has 0 bridgehead atoms. The van der Waals surface area contributed by atoms with E-state index in [0.29, 0.717) is 10.7 Å². The minimum Gasteiger partial charge on any atom is -0.325 e. The summed E-state index contributed by atoms with van der Waals surface area (Å²) in [6.07, 6.45) is 0. The van der Waals surface area contributed by atoms with Gasteiger partial charge in [0.2, 0.25) is 5.91 Å². The van der Waals surface area contributed by atoms with Gasteiger partial charge in [0.25, 0.3) is 0 Å². The van der Waals surface area contributed by atoms with Crippen molar-refractivity contribution in [2.24, 2.45) is 0 Å². The number of para-hydroxylation sites is 2. The van der Waals surface area contributed by atoms with E-state index < -0.39 is 0 Å². The molecule has 0 aliphatic rings. The van der Waals surface area contributed by atoms with Crippen molar-refractivity contribution < 1.29 is 4.79 Å². The van der Waals surface area contributed by atoms with Crippen LogP contribution in [-0.4, -0.2) is 31.2 Å². The molecule has 4 aromatic rings. The van der Waals surface area contributed by atoms with Crippen LogP contribution in [0.15, 0.2) is 53.6 Å². The second-order valence-corrected chi connectivity index (χ2v) is 7.94. The largest absolute Gasteiger partial charge is 0.325 e. The summed E-state index contributed by atoms with van der Waals surface area (Å²) >= 11 is 1.37. The molecule has 0 unspecified atom stereocenters. The van der Waals surface area contributed by atoms with Crippen molar-refractivity contribution in [2.45, 2.75) is 31.7 Å². The number of benzene rings is 2. The number of thioether (sulfide) groups is 1. The van der Waals surface area contributed by atoms with Gasteiger partial charge in [0.15, 0.2) is 5.65 Å². The van der Waals surface area contributed by atoms with Crippen molar-refractivity contribution in [1.82, 2.24) is 19.6 Å². The number of fused-ring (bicyclic) bond motifs is 3. The fourth-order valence-electron chi connectivity index (χ4n) is 3.02. The normalized spacial score (nSPS) is 11.4. The van der Waals surface area contributed by atoms with Crippen LogP contribution < -0.4 is 5.32 Å². The highest BCUT2D eigenvalue weighted by molar-refractivity contribution is 8.00. The molecular weight excluding hydrogens is 370 g/mol. The third kappa shape index (κ3) is 3.57. The fraction of sp³-hybridized carbons (Fsp3) is 0.238. The minimum absolute atomic E-state index is 0.0782. The van der Waals surface area contributed by atoms with Crippen LogP contribution in [0.5, 0.6) is 0 Å². The van der Waals surface area contributed by atoms with Gasteiger partial charge in [0.1, 0.15) is 10.9 Å². The van der Waals surface area contributed by atoms with E-state index in [9.17, 15) is 4.79 Å². The number of aryl methyl sites for hydroxylation is 1. The molecule has 0 atom stereocenters. The maximum absolute atomic E-state index is 12.4. The van der Waals surface area contributed by atoms with Crippen LogP contribution in [-0.2, 0) is 4.79 Å². The maximum atomic E-state index is 12.4. The van der Waals surface area contributed by atoms with Crippen molar-refractivity contribution in [1.29, 1.82) is 0 Å². The fourth-order valence-corrected chi connectivity index (χ4v) is 3.78. The number of rotatable bonds is 5. The molecule has 2 heterocycles. The van der Waals surface area contributed by atoms with Gasteiger partial charge in [-0.1, -0.05) is 55.4 Å². The number of carbonyl (C=O) groups excluding carboxylic acids is 1. The van der Waals surface area contributed by atoms with Gasteiger partial charge < -0.3 is 5.32 Å². The number of nitrogens with zero attached hydrogens (tertiary/aromatic N) is 4. The SMILES string of the molecule is Cc1ccc(NC(=O)CSc2nc3ccccc3n3c(C(C)C)nnc23)cc1. The molecule has 7 heteroatoms. The Morgan fingerprint density at radius 1 is 1.11 bits per heavy atom. The van der Waals surface area contributed by atoms with Crippen LogP contribution in [0.3, 0.4) is 0 Å². The number of anilines is 1. The van der Waals surface area contributed by atoms with Crippen LogP contribution >= 0.6 is 11.8 Å². The van der Waals surface area contributed by atoms with Crippen LogP contribution in [0.4, 0.5) is 5.69 Å². The monoisotopic (exact) mass is 391 g/mol. The van der Waals surface area contributed by atoms with Gasteiger partial charge in [-0.15, -0.1) is 10.2 Å². The number of amides is 1. The zero-order valence-electron chi connectivity index (χ0n) is 16.0. The van der Waals surface area contributed by atoms with E-state index in [2.05, 4.69) is 29.4 Å². The lowest BCUT2D eigenvalue weighted by atomic mass is 10.2. The lowest BCUT2D eigenvalue weighted by Gasteiger charge is -2.10. The van der Waals surface area contributed by atoms with Gasteiger partial charge in [-0.05, 0) is 31.2 Å². The summed E-state index contributed by atoms with van der Waals surface area (Å²) in [7, 11) is 0. The second kappa shape index (κ2) is 7.59. The first-order valence-corrected chi connectivity index (χ1v) is 10.1. The van der Waals surface area contributed by atoms with Crippen molar-refractivity contribution in [2.75, 3.05) is 11.1 Å². The zero-order valence-corrected chi connectivity index (χ0v) is 16.8. The Bertz CT molecular complexity index is 1150. The Labute approximate surface area is 167 Å². The first-order chi connectivity index (χ1) is 13.5. The van der Waals surface area contributed by atoms with E-state index in [1.165, 1.54) is 11.8 Å². The predicted octanol–water partition coefficient (Wildman–Crippen LogP) is 4.44. The molecule has 28 heavy (non-hydrogen) atoms. The summed E-state index contributed by atoms with van der Waals surface area (Å²) in [6, 6.07) is 15.7. The first-order valence-electron chi connectivity index (χ1n) is 9.16. The molecule has 0 aliphatic carbocycles. The smallest absolute Gasteiger partial charge is 0.234 e. The molecule has 2 aromatic heterocycles. The van der Waals surface area contributed by atoms with E-state index in [0.717, 1.165) is 28.1 Å². The molecule has 0 fully saturated rings. The van der Waals surface area contributed by atoms with Crippen LogP contribution in [0, 0.1) is 6.92 Å². The third-order valence-electron chi connectivity index (χ3n) is 4.42. The third-order valence-corrected chi connectivity index (χ3v) is 5.37. The number of nitrogens with one attached hydrogen (secondary N) is 1. The van der Waals surface area contributed by atoms with Crippen LogP contribution in [0.1, 0.15) is 31.2 Å². The average molecular weight is 392 g/mol. The van der Waals surface area contributed by atoms with Gasteiger partial charge in [-0.25, -0.2) is 4.98 Å². The molecule has 2 aromatic carbocycles. The van der Waals surface area contributed by atoms with Gasteiger partial charge in [-0.3, -0.25) is 9.20 Å². The second-order valence-electron chi connectivity index (χ2n) is 6.98. The van der Waals surface area contributed by atoms with Crippen molar-refractivity contribution >= 4 is 40.0 Å². The number of hydrogen-bond donors (Lipinski definition) is 1. The van der Waals surface area contributed by atoms with E-state index >= 15 is 0 Å². The highest BCUT2D eigenvalue weighted by Crippen LogP contribution is 2.27. The molecule has 0 spiro atoms. The molecule has 0 saturated heterocycles. The zero-order chi connectivity index (χ0) is 19.7. The van der Waals surface area contributed by atoms with Crippen LogP contribution in [0.25, 0.3) is 16.7 Å². The molecule has 6 nitrogen and oxygen atoms in total. The van der Waals surface area contributed by atoms with Crippen molar-refractivity contribution in [3.8, 4) is 0 Å². The lowest BCUT2D eigenvalue weighted by Crippen LogP contribution is -2.14. The summed E-state index contributed by atoms with van der Waals surface area (Å²) in [6.45, 7) is 6.20. The van der Waals surface area contributed by atoms with Gasteiger partial charge in [0, 0.05) is 11.6 Å². The summed E-state index contributed by atoms with van der Waals surface area (Å²) in [5.74, 6) is 1.28. The predicted molar refractivity (Wildman–Crippen MR) is 113 cm³/mol. The van der Waals surface area contributed by atoms with Crippen LogP contribution in [0.2, 0.25) is 0 Å². The van der Waals surface area contributed by atoms with E-state index in [1.54, 1.807) is 0 Å². The number of hydrogen-bond acceptors (Lipinski definition) is 5. The summed E-state index contributed by atoms with van der Waals surface area (Å²) in [5.41, 5.74) is 4.47. The molecule has 0 radical (unpaired) electrons. The average Bonchev–Trinajstić information content (AvgIpc) is 3.14. The number of aromatic nitrogens is 4. The first kappa shape index (κ1) is 18.4. The highest BCUT2D eigenvalue weighted by Gasteiger charge is 2.18. The molecule has 1 amide bonds. The Kier molecular flexibility index (Phi) is 5.00. The molecule has 0 aliphatic heterocycles. The topological polar surface area (TPSA) is 72.2 Å². The Morgan fingerprint density at radius 3 is 2.61 bits per heavy atom. The molecular formula is C21H21N5OS. The highest BCUT2D eigenvalue weighted by atomic mass is 32.2. The maximum Gasteiger partial charge on any atom is 0.234 e. The summed E-state index contributed by atoms with van der Waals surface area (Å²) in [4.78, 5) is 17.1. The molecule has 0 saturated carbocycles. The Morgan fingerprint density at radius 2 is 1.86 bits per heavy atom. The quantitative estimate of drug-likeness (QED) is 0.509. The van der Waals surface area contributed by atoms with Crippen molar-refractivity contribution in [3.63, 3.8) is 0 Å². The summed E-state index contributed by atoms with van der Waals surface area (Å²) < 4.78 is 2.05. The molecule has 1 N–H and O–H groups in total. The van der Waals surface area contributed by atoms with Gasteiger partial charge >= 0.3 is 0 Å². The van der Waals surface area contributed by atoms with Gasteiger partial charge in [0.05, 0.1) is 16.8 Å². The van der Waals surface area contributed by atoms with E-state index in [4.69, 9.17) is 4.98 Å². The lowest BCUT2D eigenvalue weighted by molar-refractivity contribution is -0.113. The standard InChI is InChI=1S/C21H21N5OS/c1-13(2)19-24-25-20-21(23-16-6-4-5-7-17(16)26(19)20)28-12-18(27)22-15-10-8-14(3)9-11-15/h4-11,13H,12H2,1-3H3,(H,22,27). The minimum atomic E-state index is -0.0782. The Balaban J connectivity index is 1.62.